The van der Waals surface area contributed by atoms with Gasteiger partial charge in [0.15, 0.2) is 6.29 Å². The monoisotopic (exact) mass is 397 g/mol. The molecular weight excluding hydrogens is 375 g/mol. The van der Waals surface area contributed by atoms with Gasteiger partial charge in [0, 0.05) is 20.6 Å². The maximum Gasteiger partial charge on any atom is 0.416 e. The van der Waals surface area contributed by atoms with Crippen LogP contribution in [0.4, 0.5) is 18.9 Å². The Kier molecular flexibility index (Phi) is 7.42. The second-order valence-corrected chi connectivity index (χ2v) is 6.04. The Balaban J connectivity index is 2.27. The Morgan fingerprint density at radius 3 is 2.11 bits per heavy atom. The Bertz CT molecular complexity index is 774. The third-order valence-corrected chi connectivity index (χ3v) is 4.24. The highest BCUT2D eigenvalue weighted by atomic mass is 19.4. The van der Waals surface area contributed by atoms with Crippen LogP contribution in [0.1, 0.15) is 16.7 Å². The highest BCUT2D eigenvalue weighted by molar-refractivity contribution is 5.79. The zero-order valence-electron chi connectivity index (χ0n) is 15.8. The van der Waals surface area contributed by atoms with Crippen LogP contribution in [0.15, 0.2) is 42.5 Å². The molecule has 0 atom stereocenters. The molecule has 8 heteroatoms. The highest BCUT2D eigenvalue weighted by Gasteiger charge is 2.30. The average molecular weight is 397 g/mol. The van der Waals surface area contributed by atoms with E-state index in [1.807, 2.05) is 6.07 Å². The fourth-order valence-corrected chi connectivity index (χ4v) is 2.72. The predicted molar refractivity (Wildman–Crippen MR) is 98.2 cm³/mol. The second kappa shape index (κ2) is 9.57. The standard InChI is InChI=1S/C20H22F3NO4/c1-26-18-9-6-15(11-19(27-2)28-3)10-17(18)24(13-25)12-14-4-7-16(8-5-14)20(21,22)23/h4-10,13,19H,11-12H2,1-3H3. The molecular formula is C20H22F3NO4. The Morgan fingerprint density at radius 1 is 1.00 bits per heavy atom. The van der Waals surface area contributed by atoms with Crippen molar-refractivity contribution in [1.82, 2.24) is 0 Å². The molecule has 0 saturated carbocycles. The Labute approximate surface area is 161 Å². The van der Waals surface area contributed by atoms with E-state index in [1.165, 1.54) is 38.4 Å². The topological polar surface area (TPSA) is 48.0 Å². The number of hydrogen-bond donors (Lipinski definition) is 0. The number of halogens is 3. The first-order valence-electron chi connectivity index (χ1n) is 8.43. The van der Waals surface area contributed by atoms with E-state index in [0.717, 1.165) is 17.7 Å². The number of nitrogens with zero attached hydrogens (tertiary/aromatic N) is 1. The van der Waals surface area contributed by atoms with E-state index in [0.29, 0.717) is 29.8 Å². The van der Waals surface area contributed by atoms with E-state index in [9.17, 15) is 18.0 Å². The number of carbonyl (C=O) groups is 1. The van der Waals surface area contributed by atoms with Crippen molar-refractivity contribution in [3.63, 3.8) is 0 Å². The van der Waals surface area contributed by atoms with Crippen LogP contribution in [0.2, 0.25) is 0 Å². The molecule has 0 fully saturated rings. The van der Waals surface area contributed by atoms with E-state index in [2.05, 4.69) is 0 Å². The minimum Gasteiger partial charge on any atom is -0.495 e. The van der Waals surface area contributed by atoms with Crippen molar-refractivity contribution in [3.05, 3.63) is 59.2 Å². The minimum atomic E-state index is -4.40. The summed E-state index contributed by atoms with van der Waals surface area (Å²) in [4.78, 5) is 13.1. The van der Waals surface area contributed by atoms with Crippen molar-refractivity contribution in [2.24, 2.45) is 0 Å². The molecule has 0 aliphatic heterocycles. The van der Waals surface area contributed by atoms with Crippen molar-refractivity contribution in [2.45, 2.75) is 25.4 Å². The number of methoxy groups -OCH3 is 3. The van der Waals surface area contributed by atoms with Gasteiger partial charge in [0.25, 0.3) is 0 Å². The van der Waals surface area contributed by atoms with E-state index in [-0.39, 0.29) is 6.54 Å². The van der Waals surface area contributed by atoms with Crippen molar-refractivity contribution < 1.29 is 32.2 Å². The number of ether oxygens (including phenoxy) is 3. The summed E-state index contributed by atoms with van der Waals surface area (Å²) in [7, 11) is 4.54. The Morgan fingerprint density at radius 2 is 1.61 bits per heavy atom. The number of anilines is 1. The first-order valence-corrected chi connectivity index (χ1v) is 8.43. The first-order chi connectivity index (χ1) is 13.3. The van der Waals surface area contributed by atoms with E-state index in [4.69, 9.17) is 14.2 Å². The van der Waals surface area contributed by atoms with Crippen LogP contribution in [0.25, 0.3) is 0 Å². The number of benzene rings is 2. The molecule has 28 heavy (non-hydrogen) atoms. The SMILES string of the molecule is COc1ccc(CC(OC)OC)cc1N(C=O)Cc1ccc(C(F)(F)F)cc1. The summed E-state index contributed by atoms with van der Waals surface area (Å²) in [5.41, 5.74) is 1.17. The van der Waals surface area contributed by atoms with E-state index < -0.39 is 18.0 Å². The molecule has 0 unspecified atom stereocenters. The largest absolute Gasteiger partial charge is 0.495 e. The summed E-state index contributed by atoms with van der Waals surface area (Å²) in [5.74, 6) is 0.467. The molecule has 0 aromatic heterocycles. The lowest BCUT2D eigenvalue weighted by Gasteiger charge is -2.22. The number of amides is 1. The first kappa shape index (κ1) is 21.7. The van der Waals surface area contributed by atoms with Gasteiger partial charge >= 0.3 is 6.18 Å². The smallest absolute Gasteiger partial charge is 0.416 e. The molecule has 2 rings (SSSR count). The summed E-state index contributed by atoms with van der Waals surface area (Å²) in [6, 6.07) is 10.00. The van der Waals surface area contributed by atoms with Gasteiger partial charge in [-0.2, -0.15) is 13.2 Å². The van der Waals surface area contributed by atoms with Gasteiger partial charge in [0.1, 0.15) is 5.75 Å². The zero-order valence-corrected chi connectivity index (χ0v) is 15.8. The van der Waals surface area contributed by atoms with Crippen LogP contribution in [-0.2, 0) is 33.4 Å². The van der Waals surface area contributed by atoms with Crippen molar-refractivity contribution >= 4 is 12.1 Å². The third-order valence-electron chi connectivity index (χ3n) is 4.24. The second-order valence-electron chi connectivity index (χ2n) is 6.04. The molecule has 0 N–H and O–H groups in total. The lowest BCUT2D eigenvalue weighted by molar-refractivity contribution is -0.137. The Hall–Kier alpha value is -2.58. The van der Waals surface area contributed by atoms with Crippen LogP contribution in [0.5, 0.6) is 5.75 Å². The number of alkyl halides is 3. The lowest BCUT2D eigenvalue weighted by Crippen LogP contribution is -2.22. The minimum absolute atomic E-state index is 0.0967. The van der Waals surface area contributed by atoms with Gasteiger partial charge in [-0.3, -0.25) is 4.79 Å². The van der Waals surface area contributed by atoms with Crippen LogP contribution >= 0.6 is 0 Å². The van der Waals surface area contributed by atoms with Crippen molar-refractivity contribution in [3.8, 4) is 5.75 Å². The molecule has 152 valence electrons. The van der Waals surface area contributed by atoms with Gasteiger partial charge in [0.05, 0.1) is 24.9 Å². The van der Waals surface area contributed by atoms with Gasteiger partial charge in [-0.05, 0) is 35.4 Å². The van der Waals surface area contributed by atoms with E-state index in [1.54, 1.807) is 12.1 Å². The molecule has 1 amide bonds. The van der Waals surface area contributed by atoms with Crippen LogP contribution in [-0.4, -0.2) is 34.0 Å². The highest BCUT2D eigenvalue weighted by Crippen LogP contribution is 2.32. The summed E-state index contributed by atoms with van der Waals surface area (Å²) < 4.78 is 53.9. The fourth-order valence-electron chi connectivity index (χ4n) is 2.72. The summed E-state index contributed by atoms with van der Waals surface area (Å²) in [5, 5.41) is 0. The van der Waals surface area contributed by atoms with Gasteiger partial charge in [-0.15, -0.1) is 0 Å². The molecule has 0 aliphatic carbocycles. The van der Waals surface area contributed by atoms with Gasteiger partial charge in [0.2, 0.25) is 6.41 Å². The van der Waals surface area contributed by atoms with Gasteiger partial charge in [-0.25, -0.2) is 0 Å². The molecule has 0 spiro atoms. The molecule has 0 radical (unpaired) electrons. The van der Waals surface area contributed by atoms with Gasteiger partial charge < -0.3 is 19.1 Å². The van der Waals surface area contributed by atoms with Crippen LogP contribution in [0.3, 0.4) is 0 Å². The number of hydrogen-bond acceptors (Lipinski definition) is 4. The number of carbonyl (C=O) groups excluding carboxylic acids is 1. The normalized spacial score (nSPS) is 11.5. The molecule has 0 bridgehead atoms. The predicted octanol–water partition coefficient (Wildman–Crippen LogP) is 4.04. The van der Waals surface area contributed by atoms with Crippen LogP contribution in [0, 0.1) is 0 Å². The zero-order chi connectivity index (χ0) is 20.7. The lowest BCUT2D eigenvalue weighted by atomic mass is 10.1. The molecule has 2 aromatic rings. The molecule has 2 aromatic carbocycles. The third kappa shape index (κ3) is 5.46. The number of rotatable bonds is 9. The molecule has 0 saturated heterocycles. The van der Waals surface area contributed by atoms with E-state index >= 15 is 0 Å². The van der Waals surface area contributed by atoms with Crippen molar-refractivity contribution in [2.75, 3.05) is 26.2 Å². The molecule has 0 heterocycles. The molecule has 0 aliphatic rings. The van der Waals surface area contributed by atoms with Gasteiger partial charge in [-0.1, -0.05) is 18.2 Å². The maximum atomic E-state index is 12.7. The summed E-state index contributed by atoms with van der Waals surface area (Å²) >= 11 is 0. The maximum absolute atomic E-state index is 12.7. The average Bonchev–Trinajstić information content (AvgIpc) is 2.69. The quantitative estimate of drug-likeness (QED) is 0.473. The van der Waals surface area contributed by atoms with Crippen molar-refractivity contribution in [1.29, 1.82) is 0 Å². The van der Waals surface area contributed by atoms with Crippen LogP contribution < -0.4 is 9.64 Å². The fraction of sp³-hybridized carbons (Fsp3) is 0.350. The molecule has 5 nitrogen and oxygen atoms in total. The summed E-state index contributed by atoms with van der Waals surface area (Å²) in [6.07, 6.45) is -3.78. The summed E-state index contributed by atoms with van der Waals surface area (Å²) in [6.45, 7) is 0.0967.